The van der Waals surface area contributed by atoms with E-state index in [1.54, 1.807) is 0 Å². The molecule has 1 aliphatic heterocycles. The third-order valence-corrected chi connectivity index (χ3v) is 3.83. The van der Waals surface area contributed by atoms with E-state index in [4.69, 9.17) is 4.74 Å². The molecule has 1 fully saturated rings. The summed E-state index contributed by atoms with van der Waals surface area (Å²) in [4.78, 5) is 18.8. The molecule has 1 heterocycles. The van der Waals surface area contributed by atoms with Gasteiger partial charge >= 0.3 is 0 Å². The molecule has 1 amide bonds. The lowest BCUT2D eigenvalue weighted by molar-refractivity contribution is -0.128. The minimum Gasteiger partial charge on any atom is -0.381 e. The van der Waals surface area contributed by atoms with Crippen LogP contribution in [0, 0.1) is 11.3 Å². The fraction of sp³-hybridized carbons (Fsp3) is 0.875. The number of hydrogen-bond acceptors (Lipinski definition) is 3. The molecule has 128 valence electrons. The summed E-state index contributed by atoms with van der Waals surface area (Å²) in [6, 6.07) is 0. The Bertz CT molecular complexity index is 376. The molecular weight excluding hydrogens is 280 g/mol. The highest BCUT2D eigenvalue weighted by molar-refractivity contribution is 5.83. The van der Waals surface area contributed by atoms with Crippen LogP contribution >= 0.6 is 0 Å². The highest BCUT2D eigenvalue weighted by Crippen LogP contribution is 2.16. The van der Waals surface area contributed by atoms with E-state index in [0.29, 0.717) is 19.0 Å². The highest BCUT2D eigenvalue weighted by Gasteiger charge is 2.27. The van der Waals surface area contributed by atoms with Gasteiger partial charge in [0, 0.05) is 39.2 Å². The normalized spacial score (nSPS) is 19.1. The van der Waals surface area contributed by atoms with Crippen molar-refractivity contribution in [3.05, 3.63) is 0 Å². The van der Waals surface area contributed by atoms with Gasteiger partial charge in [-0.15, -0.1) is 0 Å². The third kappa shape index (κ3) is 5.83. The first-order chi connectivity index (χ1) is 10.4. The summed E-state index contributed by atoms with van der Waals surface area (Å²) in [7, 11) is 2.04. The van der Waals surface area contributed by atoms with Crippen molar-refractivity contribution in [3.63, 3.8) is 0 Å². The zero-order chi connectivity index (χ0) is 16.6. The Kier molecular flexibility index (Phi) is 7.65. The summed E-state index contributed by atoms with van der Waals surface area (Å²) >= 11 is 0. The number of carbonyl (C=O) groups excluding carboxylic acids is 1. The first-order valence-corrected chi connectivity index (χ1v) is 8.26. The minimum absolute atomic E-state index is 0.0430. The van der Waals surface area contributed by atoms with Gasteiger partial charge in [-0.1, -0.05) is 0 Å². The number of hydrogen-bond donors (Lipinski definition) is 2. The van der Waals surface area contributed by atoms with Gasteiger partial charge in [0.1, 0.15) is 0 Å². The second-order valence-electron chi connectivity index (χ2n) is 6.52. The molecule has 0 aromatic carbocycles. The number of carbonyl (C=O) groups is 1. The number of amides is 1. The molecule has 6 nitrogen and oxygen atoms in total. The summed E-state index contributed by atoms with van der Waals surface area (Å²) in [6.45, 7) is 12.4. The van der Waals surface area contributed by atoms with Crippen LogP contribution in [0.4, 0.5) is 0 Å². The number of aliphatic imine (C=N–C) groups is 1. The molecule has 0 aromatic heterocycles. The van der Waals surface area contributed by atoms with E-state index in [1.807, 2.05) is 27.8 Å². The van der Waals surface area contributed by atoms with Gasteiger partial charge < -0.3 is 20.3 Å². The van der Waals surface area contributed by atoms with Gasteiger partial charge in [-0.2, -0.15) is 0 Å². The van der Waals surface area contributed by atoms with E-state index in [1.165, 1.54) is 0 Å². The van der Waals surface area contributed by atoms with Crippen LogP contribution in [0.15, 0.2) is 4.99 Å². The molecule has 0 radical (unpaired) electrons. The first-order valence-electron chi connectivity index (χ1n) is 8.26. The van der Waals surface area contributed by atoms with E-state index in [-0.39, 0.29) is 5.91 Å². The van der Waals surface area contributed by atoms with E-state index >= 15 is 0 Å². The Morgan fingerprint density at radius 1 is 1.32 bits per heavy atom. The molecule has 0 aromatic rings. The van der Waals surface area contributed by atoms with Gasteiger partial charge in [-0.3, -0.25) is 9.79 Å². The van der Waals surface area contributed by atoms with Crippen LogP contribution < -0.4 is 10.6 Å². The molecule has 1 aliphatic rings. The zero-order valence-corrected chi connectivity index (χ0v) is 14.7. The van der Waals surface area contributed by atoms with Crippen LogP contribution in [0.3, 0.4) is 0 Å². The highest BCUT2D eigenvalue weighted by atomic mass is 16.5. The number of guanidine groups is 1. The minimum atomic E-state index is -0.506. The second kappa shape index (κ2) is 8.98. The standard InChI is InChI=1S/C16H32N4O2/c1-6-17-14(21)16(3,4)12-19-15(18-7-2)20(5)10-13-8-9-22-11-13/h13H,6-12H2,1-5H3,(H,17,21)(H,18,19). The molecule has 1 unspecified atom stereocenters. The van der Waals surface area contributed by atoms with Gasteiger partial charge in [0.15, 0.2) is 5.96 Å². The monoisotopic (exact) mass is 312 g/mol. The van der Waals surface area contributed by atoms with Crippen molar-refractivity contribution >= 4 is 11.9 Å². The summed E-state index contributed by atoms with van der Waals surface area (Å²) in [5.74, 6) is 1.46. The van der Waals surface area contributed by atoms with Crippen molar-refractivity contribution in [1.29, 1.82) is 0 Å². The Hall–Kier alpha value is -1.30. The summed E-state index contributed by atoms with van der Waals surface area (Å²) in [6.07, 6.45) is 1.11. The average molecular weight is 312 g/mol. The molecule has 0 saturated carbocycles. The number of ether oxygens (including phenoxy) is 1. The van der Waals surface area contributed by atoms with Gasteiger partial charge in [0.25, 0.3) is 0 Å². The Balaban J connectivity index is 2.65. The van der Waals surface area contributed by atoms with Crippen molar-refractivity contribution < 1.29 is 9.53 Å². The zero-order valence-electron chi connectivity index (χ0n) is 14.7. The molecule has 22 heavy (non-hydrogen) atoms. The van der Waals surface area contributed by atoms with E-state index in [9.17, 15) is 4.79 Å². The van der Waals surface area contributed by atoms with E-state index in [0.717, 1.165) is 38.7 Å². The predicted octanol–water partition coefficient (Wildman–Crippen LogP) is 1.08. The van der Waals surface area contributed by atoms with Crippen LogP contribution in [0.1, 0.15) is 34.1 Å². The van der Waals surface area contributed by atoms with Crippen molar-refractivity contribution in [2.24, 2.45) is 16.3 Å². The molecule has 1 atom stereocenters. The molecule has 0 spiro atoms. The fourth-order valence-electron chi connectivity index (χ4n) is 2.41. The van der Waals surface area contributed by atoms with Gasteiger partial charge in [0.05, 0.1) is 18.6 Å². The summed E-state index contributed by atoms with van der Waals surface area (Å²) in [5.41, 5.74) is -0.506. The molecule has 2 N–H and O–H groups in total. The van der Waals surface area contributed by atoms with Gasteiger partial charge in [0.2, 0.25) is 5.91 Å². The van der Waals surface area contributed by atoms with Crippen LogP contribution in [-0.4, -0.2) is 63.2 Å². The Morgan fingerprint density at radius 2 is 2.00 bits per heavy atom. The lowest BCUT2D eigenvalue weighted by Crippen LogP contribution is -2.43. The number of nitrogens with one attached hydrogen (secondary N) is 2. The van der Waals surface area contributed by atoms with Crippen molar-refractivity contribution in [2.75, 3.05) is 46.4 Å². The van der Waals surface area contributed by atoms with Crippen LogP contribution in [-0.2, 0) is 9.53 Å². The summed E-state index contributed by atoms with van der Waals surface area (Å²) in [5, 5.41) is 6.17. The quantitative estimate of drug-likeness (QED) is 0.545. The maximum Gasteiger partial charge on any atom is 0.227 e. The largest absolute Gasteiger partial charge is 0.381 e. The molecule has 1 rings (SSSR count). The topological polar surface area (TPSA) is 66.0 Å². The van der Waals surface area contributed by atoms with Crippen LogP contribution in [0.5, 0.6) is 0 Å². The molecule has 0 aliphatic carbocycles. The van der Waals surface area contributed by atoms with E-state index in [2.05, 4.69) is 27.4 Å². The smallest absolute Gasteiger partial charge is 0.227 e. The molecular formula is C16H32N4O2. The van der Waals surface area contributed by atoms with E-state index < -0.39 is 5.41 Å². The van der Waals surface area contributed by atoms with Gasteiger partial charge in [-0.25, -0.2) is 0 Å². The third-order valence-electron chi connectivity index (χ3n) is 3.83. The predicted molar refractivity (Wildman–Crippen MR) is 90.0 cm³/mol. The number of rotatable bonds is 7. The van der Waals surface area contributed by atoms with Crippen molar-refractivity contribution in [3.8, 4) is 0 Å². The Morgan fingerprint density at radius 3 is 2.55 bits per heavy atom. The maximum absolute atomic E-state index is 12.1. The lowest BCUT2D eigenvalue weighted by atomic mass is 9.92. The van der Waals surface area contributed by atoms with Crippen molar-refractivity contribution in [2.45, 2.75) is 34.1 Å². The molecule has 6 heteroatoms. The molecule has 0 bridgehead atoms. The van der Waals surface area contributed by atoms with Crippen LogP contribution in [0.2, 0.25) is 0 Å². The second-order valence-corrected chi connectivity index (χ2v) is 6.52. The Labute approximate surface area is 134 Å². The first kappa shape index (κ1) is 18.7. The SMILES string of the molecule is CCNC(=O)C(C)(C)CN=C(NCC)N(C)CC1CCOC1. The van der Waals surface area contributed by atoms with Crippen molar-refractivity contribution in [1.82, 2.24) is 15.5 Å². The van der Waals surface area contributed by atoms with Crippen LogP contribution in [0.25, 0.3) is 0 Å². The van der Waals surface area contributed by atoms with Gasteiger partial charge in [-0.05, 0) is 34.1 Å². The maximum atomic E-state index is 12.1. The molecule has 1 saturated heterocycles. The lowest BCUT2D eigenvalue weighted by Gasteiger charge is -2.26. The summed E-state index contributed by atoms with van der Waals surface area (Å²) < 4.78 is 5.43. The number of nitrogens with zero attached hydrogens (tertiary/aromatic N) is 2. The fourth-order valence-corrected chi connectivity index (χ4v) is 2.41. The average Bonchev–Trinajstić information content (AvgIpc) is 2.96.